The molecule has 0 unspecified atom stereocenters. The highest BCUT2D eigenvalue weighted by molar-refractivity contribution is 5.94. The molecule has 3 nitrogen and oxygen atoms in total. The molecular weight excluding hydrogens is 274 g/mol. The summed E-state index contributed by atoms with van der Waals surface area (Å²) in [4.78, 5) is 12.5. The van der Waals surface area contributed by atoms with Crippen LogP contribution in [0.15, 0.2) is 42.5 Å². The van der Waals surface area contributed by atoms with E-state index in [1.165, 1.54) is 11.1 Å². The Labute approximate surface area is 131 Å². The number of hydrogen-bond donors (Lipinski definition) is 1. The molecule has 0 heterocycles. The lowest BCUT2D eigenvalue weighted by Gasteiger charge is -2.26. The van der Waals surface area contributed by atoms with E-state index in [-0.39, 0.29) is 11.9 Å². The SMILES string of the molecule is COc1ccc(C(=O)N[C@@H]2CCCc3ccccc32)cc1C. The van der Waals surface area contributed by atoms with Crippen LogP contribution in [0, 0.1) is 6.92 Å². The minimum absolute atomic E-state index is 0.0209. The van der Waals surface area contributed by atoms with Crippen LogP contribution in [0.4, 0.5) is 0 Å². The fourth-order valence-corrected chi connectivity index (χ4v) is 3.17. The van der Waals surface area contributed by atoms with Gasteiger partial charge in [-0.15, -0.1) is 0 Å². The number of fused-ring (bicyclic) bond motifs is 1. The molecule has 3 rings (SSSR count). The van der Waals surface area contributed by atoms with E-state index in [0.29, 0.717) is 5.56 Å². The molecule has 0 bridgehead atoms. The summed E-state index contributed by atoms with van der Waals surface area (Å²) in [6.45, 7) is 1.95. The quantitative estimate of drug-likeness (QED) is 0.935. The van der Waals surface area contributed by atoms with Crippen molar-refractivity contribution < 1.29 is 9.53 Å². The van der Waals surface area contributed by atoms with Crippen LogP contribution in [0.2, 0.25) is 0 Å². The van der Waals surface area contributed by atoms with Gasteiger partial charge in [0.1, 0.15) is 5.75 Å². The molecule has 1 atom stereocenters. The number of nitrogens with one attached hydrogen (secondary N) is 1. The number of aryl methyl sites for hydroxylation is 2. The van der Waals surface area contributed by atoms with Crippen molar-refractivity contribution in [2.45, 2.75) is 32.2 Å². The lowest BCUT2D eigenvalue weighted by Crippen LogP contribution is -2.31. The summed E-state index contributed by atoms with van der Waals surface area (Å²) in [6, 6.07) is 14.0. The van der Waals surface area contributed by atoms with E-state index < -0.39 is 0 Å². The summed E-state index contributed by atoms with van der Waals surface area (Å²) in [5.74, 6) is 0.784. The Morgan fingerprint density at radius 1 is 1.23 bits per heavy atom. The van der Waals surface area contributed by atoms with Gasteiger partial charge in [0, 0.05) is 5.56 Å². The minimum atomic E-state index is -0.0209. The summed E-state index contributed by atoms with van der Waals surface area (Å²) < 4.78 is 5.24. The van der Waals surface area contributed by atoms with Crippen LogP contribution in [-0.2, 0) is 6.42 Å². The van der Waals surface area contributed by atoms with Gasteiger partial charge in [-0.05, 0) is 61.1 Å². The maximum atomic E-state index is 12.5. The van der Waals surface area contributed by atoms with Crippen LogP contribution in [0.25, 0.3) is 0 Å². The summed E-state index contributed by atoms with van der Waals surface area (Å²) >= 11 is 0. The highest BCUT2D eigenvalue weighted by atomic mass is 16.5. The van der Waals surface area contributed by atoms with Gasteiger partial charge in [-0.2, -0.15) is 0 Å². The van der Waals surface area contributed by atoms with Crippen LogP contribution in [0.3, 0.4) is 0 Å². The average molecular weight is 295 g/mol. The molecule has 0 saturated heterocycles. The molecule has 1 N–H and O–H groups in total. The molecule has 0 fully saturated rings. The monoisotopic (exact) mass is 295 g/mol. The molecule has 1 aliphatic carbocycles. The van der Waals surface area contributed by atoms with Crippen molar-refractivity contribution in [1.82, 2.24) is 5.32 Å². The number of carbonyl (C=O) groups excluding carboxylic acids is 1. The van der Waals surface area contributed by atoms with Crippen LogP contribution in [-0.4, -0.2) is 13.0 Å². The largest absolute Gasteiger partial charge is 0.496 e. The zero-order chi connectivity index (χ0) is 15.5. The zero-order valence-electron chi connectivity index (χ0n) is 13.1. The number of benzene rings is 2. The third kappa shape index (κ3) is 2.84. The lowest BCUT2D eigenvalue weighted by atomic mass is 9.87. The van der Waals surface area contributed by atoms with E-state index in [9.17, 15) is 4.79 Å². The van der Waals surface area contributed by atoms with Crippen molar-refractivity contribution in [1.29, 1.82) is 0 Å². The van der Waals surface area contributed by atoms with Crippen LogP contribution in [0.1, 0.15) is 45.9 Å². The zero-order valence-corrected chi connectivity index (χ0v) is 13.1. The van der Waals surface area contributed by atoms with Crippen molar-refractivity contribution in [2.75, 3.05) is 7.11 Å². The van der Waals surface area contributed by atoms with Gasteiger partial charge in [-0.3, -0.25) is 4.79 Å². The average Bonchev–Trinajstić information content (AvgIpc) is 2.55. The fraction of sp³-hybridized carbons (Fsp3) is 0.316. The second-order valence-electron chi connectivity index (χ2n) is 5.80. The van der Waals surface area contributed by atoms with E-state index in [1.54, 1.807) is 7.11 Å². The molecule has 0 aliphatic heterocycles. The Morgan fingerprint density at radius 3 is 2.82 bits per heavy atom. The third-order valence-corrected chi connectivity index (χ3v) is 4.33. The van der Waals surface area contributed by atoms with Crippen molar-refractivity contribution in [2.24, 2.45) is 0 Å². The second-order valence-corrected chi connectivity index (χ2v) is 5.80. The van der Waals surface area contributed by atoms with Gasteiger partial charge < -0.3 is 10.1 Å². The maximum absolute atomic E-state index is 12.5. The molecule has 3 heteroatoms. The van der Waals surface area contributed by atoms with Gasteiger partial charge in [0.2, 0.25) is 0 Å². The van der Waals surface area contributed by atoms with Gasteiger partial charge in [0.15, 0.2) is 0 Å². The van der Waals surface area contributed by atoms with Gasteiger partial charge in [-0.1, -0.05) is 24.3 Å². The first-order valence-electron chi connectivity index (χ1n) is 7.72. The molecule has 2 aromatic carbocycles. The standard InChI is InChI=1S/C19H21NO2/c1-13-12-15(10-11-18(13)22-2)19(21)20-17-9-5-7-14-6-3-4-8-16(14)17/h3-4,6,8,10-12,17H,5,7,9H2,1-2H3,(H,20,21)/t17-/m1/s1. The molecule has 114 valence electrons. The molecule has 0 saturated carbocycles. The van der Waals surface area contributed by atoms with Crippen LogP contribution < -0.4 is 10.1 Å². The van der Waals surface area contributed by atoms with E-state index in [2.05, 4.69) is 23.5 Å². The smallest absolute Gasteiger partial charge is 0.251 e. The van der Waals surface area contributed by atoms with E-state index in [1.807, 2.05) is 31.2 Å². The normalized spacial score (nSPS) is 16.7. The Balaban J connectivity index is 1.79. The maximum Gasteiger partial charge on any atom is 0.251 e. The van der Waals surface area contributed by atoms with Crippen LogP contribution in [0.5, 0.6) is 5.75 Å². The first-order chi connectivity index (χ1) is 10.7. The van der Waals surface area contributed by atoms with Crippen LogP contribution >= 0.6 is 0 Å². The number of hydrogen-bond acceptors (Lipinski definition) is 2. The number of methoxy groups -OCH3 is 1. The Bertz CT molecular complexity index is 694. The van der Waals surface area contributed by atoms with Crippen molar-refractivity contribution in [3.05, 3.63) is 64.7 Å². The van der Waals surface area contributed by atoms with Gasteiger partial charge >= 0.3 is 0 Å². The summed E-state index contributed by atoms with van der Waals surface area (Å²) in [5, 5.41) is 3.18. The molecule has 0 spiro atoms. The molecule has 22 heavy (non-hydrogen) atoms. The second kappa shape index (κ2) is 6.22. The highest BCUT2D eigenvalue weighted by Crippen LogP contribution is 2.29. The van der Waals surface area contributed by atoms with Gasteiger partial charge in [0.25, 0.3) is 5.91 Å². The third-order valence-electron chi connectivity index (χ3n) is 4.33. The molecule has 0 radical (unpaired) electrons. The Kier molecular flexibility index (Phi) is 4.14. The molecule has 0 aromatic heterocycles. The number of amides is 1. The number of carbonyl (C=O) groups is 1. The Hall–Kier alpha value is -2.29. The Morgan fingerprint density at radius 2 is 2.05 bits per heavy atom. The topological polar surface area (TPSA) is 38.3 Å². The number of ether oxygens (including phenoxy) is 1. The van der Waals surface area contributed by atoms with Gasteiger partial charge in [0.05, 0.1) is 13.2 Å². The number of rotatable bonds is 3. The van der Waals surface area contributed by atoms with Crippen molar-refractivity contribution in [3.63, 3.8) is 0 Å². The predicted octanol–water partition coefficient (Wildman–Crippen LogP) is 3.81. The molecular formula is C19H21NO2. The lowest BCUT2D eigenvalue weighted by molar-refractivity contribution is 0.0932. The first-order valence-corrected chi connectivity index (χ1v) is 7.72. The molecule has 1 aliphatic rings. The molecule has 1 amide bonds. The minimum Gasteiger partial charge on any atom is -0.496 e. The van der Waals surface area contributed by atoms with E-state index in [4.69, 9.17) is 4.74 Å². The van der Waals surface area contributed by atoms with Gasteiger partial charge in [-0.25, -0.2) is 0 Å². The highest BCUT2D eigenvalue weighted by Gasteiger charge is 2.22. The predicted molar refractivity (Wildman–Crippen MR) is 87.3 cm³/mol. The summed E-state index contributed by atoms with van der Waals surface area (Å²) in [6.07, 6.45) is 3.21. The summed E-state index contributed by atoms with van der Waals surface area (Å²) in [5.41, 5.74) is 4.26. The molecule has 2 aromatic rings. The summed E-state index contributed by atoms with van der Waals surface area (Å²) in [7, 11) is 1.64. The van der Waals surface area contributed by atoms with Crippen molar-refractivity contribution in [3.8, 4) is 5.75 Å². The van der Waals surface area contributed by atoms with E-state index >= 15 is 0 Å². The fourth-order valence-electron chi connectivity index (χ4n) is 3.17. The van der Waals surface area contributed by atoms with Crippen molar-refractivity contribution >= 4 is 5.91 Å². The first kappa shape index (κ1) is 14.6. The van der Waals surface area contributed by atoms with E-state index in [0.717, 1.165) is 30.6 Å².